The van der Waals surface area contributed by atoms with E-state index in [-0.39, 0.29) is 6.04 Å². The Balaban J connectivity index is 2.31. The molecule has 0 saturated heterocycles. The van der Waals surface area contributed by atoms with Gasteiger partial charge in [-0.2, -0.15) is 13.2 Å². The number of nitrogens with one attached hydrogen (secondary N) is 2. The van der Waals surface area contributed by atoms with Crippen LogP contribution in [0, 0.1) is 0 Å². The van der Waals surface area contributed by atoms with E-state index in [9.17, 15) is 18.0 Å². The van der Waals surface area contributed by atoms with Gasteiger partial charge in [-0.25, -0.2) is 5.43 Å². The first-order valence-corrected chi connectivity index (χ1v) is 3.96. The fourth-order valence-electron chi connectivity index (χ4n) is 0.917. The molecule has 2 N–H and O–H groups in total. The summed E-state index contributed by atoms with van der Waals surface area (Å²) in [5, 5.41) is 0. The monoisotopic (exact) mass is 206 g/mol. The Morgan fingerprint density at radius 2 is 2.07 bits per heavy atom. The van der Waals surface area contributed by atoms with Crippen molar-refractivity contribution in [3.8, 4) is 0 Å². The van der Waals surface area contributed by atoms with Crippen molar-refractivity contribution in [2.45, 2.75) is 18.6 Å². The van der Waals surface area contributed by atoms with Crippen LogP contribution in [0.5, 0.6) is 0 Å². The van der Waals surface area contributed by atoms with Gasteiger partial charge in [0.1, 0.15) is 0 Å². The third-order valence-corrected chi connectivity index (χ3v) is 1.61. The summed E-state index contributed by atoms with van der Waals surface area (Å²) in [7, 11) is 0. The number of carbonyl (C=O) groups is 1. The minimum Gasteiger partial charge on any atom is -0.283 e. The Bertz CT molecular complexity index is 270. The number of rotatable bonds is 2. The summed E-state index contributed by atoms with van der Waals surface area (Å²) in [6.07, 6.45) is 2.63. The van der Waals surface area contributed by atoms with Crippen LogP contribution in [-0.4, -0.2) is 18.1 Å². The summed E-state index contributed by atoms with van der Waals surface area (Å²) in [4.78, 5) is 10.4. The molecule has 0 aromatic rings. The second-order valence-corrected chi connectivity index (χ2v) is 2.75. The molecule has 6 heteroatoms. The van der Waals surface area contributed by atoms with Crippen molar-refractivity contribution in [2.75, 3.05) is 0 Å². The van der Waals surface area contributed by atoms with Gasteiger partial charge in [0, 0.05) is 6.04 Å². The topological polar surface area (TPSA) is 41.1 Å². The summed E-state index contributed by atoms with van der Waals surface area (Å²) >= 11 is 0. The Kier molecular flexibility index (Phi) is 3.29. The smallest absolute Gasteiger partial charge is 0.283 e. The first kappa shape index (κ1) is 10.8. The van der Waals surface area contributed by atoms with Crippen LogP contribution < -0.4 is 10.9 Å². The van der Waals surface area contributed by atoms with Gasteiger partial charge in [-0.3, -0.25) is 10.2 Å². The number of carbonyl (C=O) groups excluding carboxylic acids is 1. The normalized spacial score (nSPS) is 20.9. The van der Waals surface area contributed by atoms with E-state index in [0.717, 1.165) is 0 Å². The fourth-order valence-corrected chi connectivity index (χ4v) is 0.917. The molecule has 0 aromatic heterocycles. The Hall–Kier alpha value is -1.30. The van der Waals surface area contributed by atoms with Crippen LogP contribution in [0.15, 0.2) is 24.3 Å². The quantitative estimate of drug-likeness (QED) is 0.663. The molecule has 0 bridgehead atoms. The molecular weight excluding hydrogens is 197 g/mol. The largest absolute Gasteiger partial charge is 0.472 e. The second kappa shape index (κ2) is 4.28. The van der Waals surface area contributed by atoms with Gasteiger partial charge in [-0.15, -0.1) is 0 Å². The molecule has 14 heavy (non-hydrogen) atoms. The van der Waals surface area contributed by atoms with Gasteiger partial charge in [-0.05, 0) is 6.42 Å². The number of halogens is 3. The summed E-state index contributed by atoms with van der Waals surface area (Å²) in [6.45, 7) is 0. The third-order valence-electron chi connectivity index (χ3n) is 1.61. The lowest BCUT2D eigenvalue weighted by Gasteiger charge is -2.16. The van der Waals surface area contributed by atoms with Crippen molar-refractivity contribution >= 4 is 5.91 Å². The van der Waals surface area contributed by atoms with Gasteiger partial charge in [0.2, 0.25) is 0 Å². The van der Waals surface area contributed by atoms with Crippen LogP contribution in [-0.2, 0) is 4.79 Å². The number of alkyl halides is 3. The van der Waals surface area contributed by atoms with Crippen molar-refractivity contribution in [1.82, 2.24) is 10.9 Å². The number of allylic oxidation sites excluding steroid dienone is 2. The molecule has 1 unspecified atom stereocenters. The molecule has 0 saturated carbocycles. The highest BCUT2D eigenvalue weighted by molar-refractivity contribution is 5.81. The van der Waals surface area contributed by atoms with Gasteiger partial charge in [0.25, 0.3) is 0 Å². The minimum atomic E-state index is -4.85. The predicted octanol–water partition coefficient (Wildman–Crippen LogP) is 1.05. The average molecular weight is 206 g/mol. The fraction of sp³-hybridized carbons (Fsp3) is 0.375. The molecule has 1 aliphatic carbocycles. The SMILES string of the molecule is O=C(NNC1C=CC=CC1)C(F)(F)F. The zero-order valence-corrected chi connectivity index (χ0v) is 7.14. The molecule has 0 aliphatic heterocycles. The molecule has 0 radical (unpaired) electrons. The van der Waals surface area contributed by atoms with Crippen molar-refractivity contribution in [2.24, 2.45) is 0 Å². The van der Waals surface area contributed by atoms with Crippen molar-refractivity contribution in [3.05, 3.63) is 24.3 Å². The van der Waals surface area contributed by atoms with Gasteiger partial charge in [0.15, 0.2) is 0 Å². The maximum atomic E-state index is 11.7. The summed E-state index contributed by atoms with van der Waals surface area (Å²) in [6, 6.07) is -0.286. The standard InChI is InChI=1S/C8H9F3N2O/c9-8(10,11)7(14)13-12-6-4-2-1-3-5-6/h1-4,6,12H,5H2,(H,13,14). The highest BCUT2D eigenvalue weighted by Gasteiger charge is 2.38. The van der Waals surface area contributed by atoms with Gasteiger partial charge >= 0.3 is 12.1 Å². The lowest BCUT2D eigenvalue weighted by molar-refractivity contribution is -0.174. The van der Waals surface area contributed by atoms with E-state index >= 15 is 0 Å². The molecular formula is C8H9F3N2O. The number of hydrogen-bond acceptors (Lipinski definition) is 2. The molecule has 1 aliphatic rings. The van der Waals surface area contributed by atoms with Crippen molar-refractivity contribution < 1.29 is 18.0 Å². The van der Waals surface area contributed by atoms with E-state index < -0.39 is 12.1 Å². The molecule has 0 aromatic carbocycles. The molecule has 78 valence electrons. The predicted molar refractivity (Wildman–Crippen MR) is 44.0 cm³/mol. The van der Waals surface area contributed by atoms with Crippen LogP contribution in [0.2, 0.25) is 0 Å². The van der Waals surface area contributed by atoms with Gasteiger partial charge in [0.05, 0.1) is 0 Å². The molecule has 0 spiro atoms. The Morgan fingerprint density at radius 1 is 1.36 bits per heavy atom. The van der Waals surface area contributed by atoms with E-state index in [1.807, 2.05) is 0 Å². The van der Waals surface area contributed by atoms with Gasteiger partial charge < -0.3 is 0 Å². The molecule has 1 rings (SSSR count). The zero-order valence-electron chi connectivity index (χ0n) is 7.14. The Labute approximate surface area is 78.6 Å². The van der Waals surface area contributed by atoms with Crippen molar-refractivity contribution in [3.63, 3.8) is 0 Å². The molecule has 0 fully saturated rings. The van der Waals surface area contributed by atoms with Crippen LogP contribution >= 0.6 is 0 Å². The molecule has 1 amide bonds. The molecule has 0 heterocycles. The second-order valence-electron chi connectivity index (χ2n) is 2.75. The number of hydrazine groups is 1. The average Bonchev–Trinajstić information content (AvgIpc) is 2.14. The highest BCUT2D eigenvalue weighted by Crippen LogP contribution is 2.13. The molecule has 3 nitrogen and oxygen atoms in total. The first-order valence-electron chi connectivity index (χ1n) is 3.96. The third kappa shape index (κ3) is 3.21. The lowest BCUT2D eigenvalue weighted by atomic mass is 10.1. The summed E-state index contributed by atoms with van der Waals surface area (Å²) in [5.41, 5.74) is 3.86. The minimum absolute atomic E-state index is 0.286. The molecule has 1 atom stereocenters. The first-order chi connectivity index (χ1) is 6.50. The van der Waals surface area contributed by atoms with Crippen LogP contribution in [0.3, 0.4) is 0 Å². The van der Waals surface area contributed by atoms with E-state index in [0.29, 0.717) is 6.42 Å². The van der Waals surface area contributed by atoms with E-state index in [1.54, 1.807) is 29.7 Å². The summed E-state index contributed by atoms with van der Waals surface area (Å²) < 4.78 is 35.2. The zero-order chi connectivity index (χ0) is 10.6. The van der Waals surface area contributed by atoms with Crippen molar-refractivity contribution in [1.29, 1.82) is 0 Å². The van der Waals surface area contributed by atoms with E-state index in [4.69, 9.17) is 0 Å². The van der Waals surface area contributed by atoms with Crippen LogP contribution in [0.25, 0.3) is 0 Å². The van der Waals surface area contributed by atoms with E-state index in [1.165, 1.54) is 0 Å². The number of hydrogen-bond donors (Lipinski definition) is 2. The maximum Gasteiger partial charge on any atom is 0.472 e. The lowest BCUT2D eigenvalue weighted by Crippen LogP contribution is -2.49. The Morgan fingerprint density at radius 3 is 2.57 bits per heavy atom. The van der Waals surface area contributed by atoms with Crippen LogP contribution in [0.1, 0.15) is 6.42 Å². The van der Waals surface area contributed by atoms with Crippen LogP contribution in [0.4, 0.5) is 13.2 Å². The maximum absolute atomic E-state index is 11.7. The summed E-state index contributed by atoms with van der Waals surface area (Å²) in [5.74, 6) is -1.99. The highest BCUT2D eigenvalue weighted by atomic mass is 19.4. The number of amides is 1. The van der Waals surface area contributed by atoms with Gasteiger partial charge in [-0.1, -0.05) is 24.3 Å². The van der Waals surface area contributed by atoms with E-state index in [2.05, 4.69) is 5.43 Å².